The standard InChI is InChI=1S/C15H13NO3/c1-11(15(17)18)9-12-4-6-13(7-5-12)19-14-3-2-8-16-10-14/h2-10H,1H3,(H,17,18). The Morgan fingerprint density at radius 3 is 2.53 bits per heavy atom. The average molecular weight is 255 g/mol. The molecule has 1 N–H and O–H groups in total. The number of benzene rings is 1. The summed E-state index contributed by atoms with van der Waals surface area (Å²) >= 11 is 0. The quantitative estimate of drug-likeness (QED) is 0.851. The summed E-state index contributed by atoms with van der Waals surface area (Å²) in [7, 11) is 0. The molecular formula is C15H13NO3. The van der Waals surface area contributed by atoms with E-state index >= 15 is 0 Å². The molecule has 0 unspecified atom stereocenters. The second-order valence-corrected chi connectivity index (χ2v) is 3.99. The third-order valence-corrected chi connectivity index (χ3v) is 2.47. The van der Waals surface area contributed by atoms with Crippen molar-refractivity contribution in [2.45, 2.75) is 6.92 Å². The average Bonchev–Trinajstić information content (AvgIpc) is 2.42. The van der Waals surface area contributed by atoms with E-state index in [1.54, 1.807) is 55.7 Å². The number of rotatable bonds is 4. The van der Waals surface area contributed by atoms with Crippen LogP contribution in [0.4, 0.5) is 0 Å². The van der Waals surface area contributed by atoms with Crippen molar-refractivity contribution in [2.75, 3.05) is 0 Å². The number of aromatic nitrogens is 1. The molecule has 2 rings (SSSR count). The number of nitrogens with zero attached hydrogens (tertiary/aromatic N) is 1. The fourth-order valence-electron chi connectivity index (χ4n) is 1.49. The monoisotopic (exact) mass is 255 g/mol. The van der Waals surface area contributed by atoms with Gasteiger partial charge in [0.15, 0.2) is 0 Å². The summed E-state index contributed by atoms with van der Waals surface area (Å²) in [6.07, 6.45) is 4.91. The first-order valence-corrected chi connectivity index (χ1v) is 5.75. The molecule has 0 saturated heterocycles. The van der Waals surface area contributed by atoms with E-state index < -0.39 is 5.97 Å². The fraction of sp³-hybridized carbons (Fsp3) is 0.0667. The summed E-state index contributed by atoms with van der Waals surface area (Å²) in [5, 5.41) is 8.79. The largest absolute Gasteiger partial charge is 0.478 e. The molecule has 0 aliphatic heterocycles. The van der Waals surface area contributed by atoms with Crippen molar-refractivity contribution in [3.63, 3.8) is 0 Å². The van der Waals surface area contributed by atoms with E-state index in [-0.39, 0.29) is 0 Å². The zero-order valence-corrected chi connectivity index (χ0v) is 10.4. The normalized spacial score (nSPS) is 11.1. The number of pyridine rings is 1. The van der Waals surface area contributed by atoms with Gasteiger partial charge in [0.05, 0.1) is 6.20 Å². The zero-order chi connectivity index (χ0) is 13.7. The number of carboxylic acids is 1. The predicted octanol–water partition coefficient (Wildman–Crippen LogP) is 3.36. The van der Waals surface area contributed by atoms with Gasteiger partial charge in [-0.2, -0.15) is 0 Å². The first-order chi connectivity index (χ1) is 9.15. The van der Waals surface area contributed by atoms with Crippen molar-refractivity contribution in [1.82, 2.24) is 4.98 Å². The number of carboxylic acid groups (broad SMARTS) is 1. The van der Waals surface area contributed by atoms with Crippen LogP contribution in [0, 0.1) is 0 Å². The van der Waals surface area contributed by atoms with E-state index in [0.29, 0.717) is 17.1 Å². The van der Waals surface area contributed by atoms with Crippen LogP contribution >= 0.6 is 0 Å². The Morgan fingerprint density at radius 2 is 1.95 bits per heavy atom. The van der Waals surface area contributed by atoms with Crippen molar-refractivity contribution < 1.29 is 14.6 Å². The van der Waals surface area contributed by atoms with E-state index in [0.717, 1.165) is 5.56 Å². The van der Waals surface area contributed by atoms with Gasteiger partial charge < -0.3 is 9.84 Å². The Hall–Kier alpha value is -2.62. The molecule has 1 heterocycles. The highest BCUT2D eigenvalue weighted by atomic mass is 16.5. The van der Waals surface area contributed by atoms with Crippen LogP contribution in [0.3, 0.4) is 0 Å². The van der Waals surface area contributed by atoms with E-state index in [2.05, 4.69) is 4.98 Å². The molecule has 0 aliphatic carbocycles. The van der Waals surface area contributed by atoms with E-state index in [1.165, 1.54) is 0 Å². The Kier molecular flexibility index (Phi) is 3.93. The van der Waals surface area contributed by atoms with Crippen LogP contribution in [0.1, 0.15) is 12.5 Å². The molecule has 0 atom stereocenters. The third kappa shape index (κ3) is 3.67. The highest BCUT2D eigenvalue weighted by Crippen LogP contribution is 2.21. The van der Waals surface area contributed by atoms with E-state index in [4.69, 9.17) is 9.84 Å². The lowest BCUT2D eigenvalue weighted by atomic mass is 10.1. The molecule has 96 valence electrons. The van der Waals surface area contributed by atoms with Gasteiger partial charge in [-0.3, -0.25) is 4.98 Å². The van der Waals surface area contributed by atoms with Gasteiger partial charge in [0.1, 0.15) is 11.5 Å². The van der Waals surface area contributed by atoms with Crippen molar-refractivity contribution in [3.05, 3.63) is 59.9 Å². The molecule has 0 aliphatic rings. The van der Waals surface area contributed by atoms with Crippen molar-refractivity contribution in [3.8, 4) is 11.5 Å². The third-order valence-electron chi connectivity index (χ3n) is 2.47. The van der Waals surface area contributed by atoms with Crippen LogP contribution in [0.5, 0.6) is 11.5 Å². The second kappa shape index (κ2) is 5.82. The summed E-state index contributed by atoms with van der Waals surface area (Å²) in [5.41, 5.74) is 1.11. The summed E-state index contributed by atoms with van der Waals surface area (Å²) in [5.74, 6) is 0.418. The number of ether oxygens (including phenoxy) is 1. The van der Waals surface area contributed by atoms with Gasteiger partial charge in [-0.15, -0.1) is 0 Å². The minimum Gasteiger partial charge on any atom is -0.478 e. The molecule has 0 saturated carbocycles. The van der Waals surface area contributed by atoms with Crippen LogP contribution in [0.25, 0.3) is 6.08 Å². The molecule has 0 radical (unpaired) electrons. The summed E-state index contributed by atoms with van der Waals surface area (Å²) in [4.78, 5) is 14.7. The molecule has 19 heavy (non-hydrogen) atoms. The highest BCUT2D eigenvalue weighted by Gasteiger charge is 2.00. The molecule has 1 aromatic carbocycles. The first-order valence-electron chi connectivity index (χ1n) is 5.75. The highest BCUT2D eigenvalue weighted by molar-refractivity contribution is 5.91. The Morgan fingerprint density at radius 1 is 1.21 bits per heavy atom. The second-order valence-electron chi connectivity index (χ2n) is 3.99. The fourth-order valence-corrected chi connectivity index (χ4v) is 1.49. The van der Waals surface area contributed by atoms with Crippen molar-refractivity contribution in [1.29, 1.82) is 0 Å². The SMILES string of the molecule is CC(=Cc1ccc(Oc2cccnc2)cc1)C(=O)O. The molecule has 2 aromatic rings. The minimum atomic E-state index is -0.921. The van der Waals surface area contributed by atoms with Crippen LogP contribution < -0.4 is 4.74 Å². The number of carbonyl (C=O) groups is 1. The Balaban J connectivity index is 2.11. The lowest BCUT2D eigenvalue weighted by molar-refractivity contribution is -0.132. The van der Waals surface area contributed by atoms with Gasteiger partial charge in [0.25, 0.3) is 0 Å². The maximum absolute atomic E-state index is 10.7. The van der Waals surface area contributed by atoms with Gasteiger partial charge in [0, 0.05) is 11.8 Å². The number of aliphatic carboxylic acids is 1. The summed E-state index contributed by atoms with van der Waals surface area (Å²) in [6, 6.07) is 10.8. The maximum Gasteiger partial charge on any atom is 0.331 e. The molecule has 0 bridgehead atoms. The van der Waals surface area contributed by atoms with Crippen LogP contribution in [-0.2, 0) is 4.79 Å². The molecule has 0 spiro atoms. The van der Waals surface area contributed by atoms with Crippen molar-refractivity contribution >= 4 is 12.0 Å². The van der Waals surface area contributed by atoms with Crippen molar-refractivity contribution in [2.24, 2.45) is 0 Å². The number of hydrogen-bond acceptors (Lipinski definition) is 3. The molecule has 1 aromatic heterocycles. The molecule has 4 heteroatoms. The van der Waals surface area contributed by atoms with Gasteiger partial charge in [0.2, 0.25) is 0 Å². The minimum absolute atomic E-state index is 0.293. The zero-order valence-electron chi connectivity index (χ0n) is 10.4. The molecule has 0 fully saturated rings. The van der Waals surface area contributed by atoms with Crippen LogP contribution in [-0.4, -0.2) is 16.1 Å². The lowest BCUT2D eigenvalue weighted by Gasteiger charge is -2.05. The maximum atomic E-state index is 10.7. The topological polar surface area (TPSA) is 59.4 Å². The van der Waals surface area contributed by atoms with Gasteiger partial charge in [-0.05, 0) is 42.8 Å². The molecule has 0 amide bonds. The first kappa shape index (κ1) is 12.8. The van der Waals surface area contributed by atoms with E-state index in [1.807, 2.05) is 6.07 Å². The predicted molar refractivity (Wildman–Crippen MR) is 72.0 cm³/mol. The Bertz CT molecular complexity index is 589. The molecular weight excluding hydrogens is 242 g/mol. The van der Waals surface area contributed by atoms with E-state index in [9.17, 15) is 4.79 Å². The number of hydrogen-bond donors (Lipinski definition) is 1. The van der Waals surface area contributed by atoms with Crippen LogP contribution in [0.2, 0.25) is 0 Å². The van der Waals surface area contributed by atoms with Crippen LogP contribution in [0.15, 0.2) is 54.4 Å². The van der Waals surface area contributed by atoms with Gasteiger partial charge >= 0.3 is 5.97 Å². The smallest absolute Gasteiger partial charge is 0.331 e. The summed E-state index contributed by atoms with van der Waals surface area (Å²) < 4.78 is 5.59. The lowest BCUT2D eigenvalue weighted by Crippen LogP contribution is -1.95. The van der Waals surface area contributed by atoms with Gasteiger partial charge in [-0.25, -0.2) is 4.79 Å². The molecule has 4 nitrogen and oxygen atoms in total. The Labute approximate surface area is 111 Å². The van der Waals surface area contributed by atoms with Gasteiger partial charge in [-0.1, -0.05) is 12.1 Å². The summed E-state index contributed by atoms with van der Waals surface area (Å²) in [6.45, 7) is 1.56.